The van der Waals surface area contributed by atoms with Crippen molar-refractivity contribution in [1.82, 2.24) is 0 Å². The van der Waals surface area contributed by atoms with Crippen molar-refractivity contribution in [3.63, 3.8) is 0 Å². The number of likely N-dealkylation sites (N-methyl/N-ethyl adjacent to an activating group) is 1. The lowest BCUT2D eigenvalue weighted by molar-refractivity contribution is -0.915. The maximum Gasteiger partial charge on any atom is 0.416 e. The summed E-state index contributed by atoms with van der Waals surface area (Å²) in [5, 5.41) is 0. The monoisotopic (exact) mass is 721 g/mol. The van der Waals surface area contributed by atoms with Crippen LogP contribution in [0, 0.1) is 0 Å². The molecule has 5 rings (SSSR count). The molecular weight excluding hydrogens is 689 g/mol. The Kier molecular flexibility index (Phi) is 11.1. The van der Waals surface area contributed by atoms with Crippen LogP contribution in [0.2, 0.25) is 0 Å². The third kappa shape index (κ3) is 8.66. The fourth-order valence-corrected chi connectivity index (χ4v) is 6.10. The molecule has 270 valence electrons. The Labute approximate surface area is 280 Å². The van der Waals surface area contributed by atoms with Crippen LogP contribution < -0.4 is 21.9 Å². The highest BCUT2D eigenvalue weighted by atomic mass is 19.4. The second kappa shape index (κ2) is 14.3. The Balaban J connectivity index is 0.000000541. The van der Waals surface area contributed by atoms with Gasteiger partial charge in [0.1, 0.15) is 19.2 Å². The molecule has 0 N–H and O–H groups in total. The molecule has 1 saturated heterocycles. The van der Waals surface area contributed by atoms with Gasteiger partial charge >= 0.3 is 24.7 Å². The topological polar surface area (TPSA) is 9.23 Å². The van der Waals surface area contributed by atoms with Crippen molar-refractivity contribution in [3.8, 4) is 0 Å². The van der Waals surface area contributed by atoms with Crippen LogP contribution in [-0.4, -0.2) is 50.5 Å². The number of morpholine rings is 1. The smallest absolute Gasteiger partial charge is 0.370 e. The quantitative estimate of drug-likeness (QED) is 0.117. The minimum Gasteiger partial charge on any atom is -0.370 e. The van der Waals surface area contributed by atoms with Crippen LogP contribution in [0.4, 0.5) is 52.7 Å². The molecule has 2 nitrogen and oxygen atoms in total. The van der Waals surface area contributed by atoms with Crippen LogP contribution in [-0.2, 0) is 29.4 Å². The van der Waals surface area contributed by atoms with E-state index < -0.39 is 53.1 Å². The first-order valence-corrected chi connectivity index (χ1v) is 15.4. The molecule has 50 heavy (non-hydrogen) atoms. The van der Waals surface area contributed by atoms with Crippen molar-refractivity contribution in [1.29, 1.82) is 0 Å². The molecule has 0 aliphatic carbocycles. The van der Waals surface area contributed by atoms with Crippen LogP contribution in [0.3, 0.4) is 0 Å². The first-order chi connectivity index (χ1) is 23.1. The second-order valence-corrected chi connectivity index (χ2v) is 12.3. The Morgan fingerprint density at radius 2 is 0.680 bits per heavy atom. The Hall–Kier alpha value is -3.98. The molecule has 1 aliphatic heterocycles. The van der Waals surface area contributed by atoms with E-state index in [1.165, 1.54) is 24.1 Å². The number of alkyl halides is 12. The average Bonchev–Trinajstić information content (AvgIpc) is 3.05. The molecule has 0 radical (unpaired) electrons. The fraction of sp³-hybridized carbons (Fsp3) is 0.314. The van der Waals surface area contributed by atoms with Gasteiger partial charge in [-0.3, -0.25) is 0 Å². The summed E-state index contributed by atoms with van der Waals surface area (Å²) in [6.07, 6.45) is -22.0. The summed E-state index contributed by atoms with van der Waals surface area (Å²) in [6, 6.07) is 13.6. The van der Waals surface area contributed by atoms with Crippen LogP contribution in [0.5, 0.6) is 0 Å². The third-order valence-corrected chi connectivity index (χ3v) is 9.27. The highest BCUT2D eigenvalue weighted by Crippen LogP contribution is 2.32. The van der Waals surface area contributed by atoms with Gasteiger partial charge in [0.05, 0.1) is 49.1 Å². The van der Waals surface area contributed by atoms with E-state index in [1.807, 2.05) is 0 Å². The van der Waals surface area contributed by atoms with Crippen molar-refractivity contribution >= 4 is 28.0 Å². The molecule has 4 aromatic rings. The standard InChI is InChI=1S/C28H16BF12.C7H16NO/c30-25(31,32)17-1-9-21(10-2-17)29(22-11-3-18(4-12-22)26(33,34)35,23-13-5-19(6-14-23)27(36,37)38)24-15-7-20(8-16-24)28(39,40)41;1-3-8(2)4-6-9-7-5-8/h1-16H;3-7H2,1-2H3/q-1;+1. The van der Waals surface area contributed by atoms with Crippen molar-refractivity contribution in [2.45, 2.75) is 31.6 Å². The summed E-state index contributed by atoms with van der Waals surface area (Å²) >= 11 is 0. The highest BCUT2D eigenvalue weighted by molar-refractivity contribution is 7.19. The summed E-state index contributed by atoms with van der Waals surface area (Å²) in [5.41, 5.74) is -4.29. The molecule has 0 aromatic heterocycles. The fourth-order valence-electron chi connectivity index (χ4n) is 6.10. The number of hydrogen-bond donors (Lipinski definition) is 0. The number of benzene rings is 4. The van der Waals surface area contributed by atoms with E-state index in [1.54, 1.807) is 0 Å². The van der Waals surface area contributed by atoms with Gasteiger partial charge in [0.15, 0.2) is 0 Å². The van der Waals surface area contributed by atoms with Gasteiger partial charge in [0.25, 0.3) is 0 Å². The minimum atomic E-state index is -4.77. The molecule has 0 saturated carbocycles. The van der Waals surface area contributed by atoms with Crippen LogP contribution >= 0.6 is 0 Å². The Morgan fingerprint density at radius 1 is 0.460 bits per heavy atom. The maximum atomic E-state index is 13.3. The van der Waals surface area contributed by atoms with E-state index in [-0.39, 0.29) is 21.9 Å². The molecule has 1 aliphatic rings. The van der Waals surface area contributed by atoms with Gasteiger partial charge in [0, 0.05) is 0 Å². The predicted molar refractivity (Wildman–Crippen MR) is 167 cm³/mol. The summed E-state index contributed by atoms with van der Waals surface area (Å²) in [6.45, 7) is 7.76. The largest absolute Gasteiger partial charge is 0.416 e. The number of nitrogens with zero attached hydrogens (tertiary/aromatic N) is 1. The molecule has 15 heteroatoms. The van der Waals surface area contributed by atoms with E-state index in [2.05, 4.69) is 14.0 Å². The van der Waals surface area contributed by atoms with Crippen LogP contribution in [0.1, 0.15) is 29.2 Å². The zero-order valence-corrected chi connectivity index (χ0v) is 26.7. The first-order valence-electron chi connectivity index (χ1n) is 15.4. The van der Waals surface area contributed by atoms with Gasteiger partial charge < -0.3 is 9.22 Å². The summed E-state index contributed by atoms with van der Waals surface area (Å²) in [4.78, 5) is 0. The molecule has 0 amide bonds. The van der Waals surface area contributed by atoms with Crippen LogP contribution in [0.25, 0.3) is 0 Å². The van der Waals surface area contributed by atoms with Crippen molar-refractivity contribution < 1.29 is 61.9 Å². The zero-order valence-electron chi connectivity index (χ0n) is 26.7. The lowest BCUT2D eigenvalue weighted by Crippen LogP contribution is -2.74. The van der Waals surface area contributed by atoms with E-state index >= 15 is 0 Å². The number of ether oxygens (including phenoxy) is 1. The van der Waals surface area contributed by atoms with Crippen molar-refractivity contribution in [2.24, 2.45) is 0 Å². The SMILES string of the molecule is CC[N+]1(C)CCOCC1.FC(F)(F)c1ccc([B-](c2ccc(C(F)(F)F)cc2)(c2ccc(C(F)(F)F)cc2)c2ccc(C(F)(F)F)cc2)cc1. The first kappa shape index (κ1) is 38.8. The number of hydrogen-bond acceptors (Lipinski definition) is 1. The van der Waals surface area contributed by atoms with Gasteiger partial charge in [-0.2, -0.15) is 74.5 Å². The van der Waals surface area contributed by atoms with Crippen LogP contribution in [0.15, 0.2) is 97.1 Å². The van der Waals surface area contributed by atoms with E-state index in [0.717, 1.165) is 61.7 Å². The van der Waals surface area contributed by atoms with Gasteiger partial charge in [-0.05, 0) is 6.92 Å². The third-order valence-electron chi connectivity index (χ3n) is 9.27. The van der Waals surface area contributed by atoms with Gasteiger partial charge in [-0.1, -0.05) is 97.1 Å². The number of rotatable bonds is 5. The van der Waals surface area contributed by atoms with Gasteiger partial charge in [-0.25, -0.2) is 0 Å². The Morgan fingerprint density at radius 3 is 0.840 bits per heavy atom. The summed E-state index contributed by atoms with van der Waals surface area (Å²) < 4.78 is 167. The van der Waals surface area contributed by atoms with E-state index in [0.29, 0.717) is 48.5 Å². The van der Waals surface area contributed by atoms with Gasteiger partial charge in [-0.15, -0.1) is 0 Å². The molecule has 0 spiro atoms. The van der Waals surface area contributed by atoms with Crippen molar-refractivity contribution in [3.05, 3.63) is 119 Å². The molecular formula is C35H32BF12NO. The minimum absolute atomic E-state index is 0.0114. The van der Waals surface area contributed by atoms with Gasteiger partial charge in [0.2, 0.25) is 0 Å². The molecule has 4 aromatic carbocycles. The molecule has 0 atom stereocenters. The normalized spacial score (nSPS) is 15.6. The number of quaternary nitrogens is 1. The average molecular weight is 721 g/mol. The van der Waals surface area contributed by atoms with Crippen molar-refractivity contribution in [2.75, 3.05) is 39.9 Å². The van der Waals surface area contributed by atoms with E-state index in [4.69, 9.17) is 4.74 Å². The van der Waals surface area contributed by atoms with E-state index in [9.17, 15) is 52.7 Å². The molecule has 0 bridgehead atoms. The predicted octanol–water partition coefficient (Wildman–Crippen LogP) is 7.62. The summed E-state index contributed by atoms with van der Waals surface area (Å²) in [5.74, 6) is 0. The lowest BCUT2D eigenvalue weighted by atomic mass is 9.13. The summed E-state index contributed by atoms with van der Waals surface area (Å²) in [7, 11) is 2.29. The molecule has 1 fully saturated rings. The Bertz CT molecular complexity index is 1450. The zero-order chi connectivity index (χ0) is 37.2. The molecule has 0 unspecified atom stereocenters. The second-order valence-electron chi connectivity index (χ2n) is 12.3. The maximum absolute atomic E-state index is 13.3. The molecule has 1 heterocycles. The number of halogens is 12. The highest BCUT2D eigenvalue weighted by Gasteiger charge is 2.38. The lowest BCUT2D eigenvalue weighted by Gasteiger charge is -2.44.